The van der Waals surface area contributed by atoms with Gasteiger partial charge in [-0.25, -0.2) is 0 Å². The molecule has 1 unspecified atom stereocenters. The van der Waals surface area contributed by atoms with Crippen molar-refractivity contribution >= 4 is 5.78 Å². The summed E-state index contributed by atoms with van der Waals surface area (Å²) in [7, 11) is 0. The van der Waals surface area contributed by atoms with Crippen LogP contribution in [0.3, 0.4) is 0 Å². The Hall–Kier alpha value is -1.35. The van der Waals surface area contributed by atoms with Crippen molar-refractivity contribution in [3.63, 3.8) is 0 Å². The average Bonchev–Trinajstić information content (AvgIpc) is 2.45. The molecule has 0 amide bonds. The van der Waals surface area contributed by atoms with Gasteiger partial charge in [0.15, 0.2) is 5.78 Å². The molecule has 1 atom stereocenters. The lowest BCUT2D eigenvalue weighted by atomic mass is 10.1. The number of ketones is 1. The summed E-state index contributed by atoms with van der Waals surface area (Å²) in [6.07, 6.45) is 4.14. The quantitative estimate of drug-likeness (QED) is 0.750. The van der Waals surface area contributed by atoms with Crippen LogP contribution in [-0.2, 0) is 4.74 Å². The van der Waals surface area contributed by atoms with Gasteiger partial charge in [0.2, 0.25) is 0 Å². The van der Waals surface area contributed by atoms with Crippen LogP contribution < -0.4 is 4.74 Å². The molecule has 0 N–H and O–H groups in total. The molecule has 0 radical (unpaired) electrons. The molecule has 1 heterocycles. The molecular weight excluding hydrogens is 228 g/mol. The summed E-state index contributed by atoms with van der Waals surface area (Å²) in [6.45, 7) is 3.28. The van der Waals surface area contributed by atoms with Crippen LogP contribution in [0.1, 0.15) is 43.0 Å². The molecule has 1 aromatic carbocycles. The van der Waals surface area contributed by atoms with Crippen LogP contribution in [0.2, 0.25) is 0 Å². The highest BCUT2D eigenvalue weighted by molar-refractivity contribution is 5.96. The molecule has 0 aliphatic carbocycles. The predicted octanol–water partition coefficient (Wildman–Crippen LogP) is 3.23. The molecule has 98 valence electrons. The Labute approximate surface area is 108 Å². The normalized spacial score (nSPS) is 19.5. The topological polar surface area (TPSA) is 35.5 Å². The first-order valence-electron chi connectivity index (χ1n) is 6.67. The molecule has 1 aromatic rings. The van der Waals surface area contributed by atoms with Gasteiger partial charge in [-0.15, -0.1) is 0 Å². The fourth-order valence-corrected chi connectivity index (χ4v) is 2.09. The number of carbonyl (C=O) groups excluding carboxylic acids is 1. The first-order valence-corrected chi connectivity index (χ1v) is 6.67. The summed E-state index contributed by atoms with van der Waals surface area (Å²) in [5.41, 5.74) is 0.722. The Morgan fingerprint density at radius 3 is 3.06 bits per heavy atom. The minimum absolute atomic E-state index is 0.148. The second kappa shape index (κ2) is 6.55. The molecule has 1 aliphatic rings. The molecule has 0 aromatic heterocycles. The number of hydrogen-bond acceptors (Lipinski definition) is 3. The zero-order chi connectivity index (χ0) is 12.8. The summed E-state index contributed by atoms with van der Waals surface area (Å²) < 4.78 is 11.3. The van der Waals surface area contributed by atoms with E-state index in [4.69, 9.17) is 9.47 Å². The van der Waals surface area contributed by atoms with E-state index in [-0.39, 0.29) is 11.9 Å². The van der Waals surface area contributed by atoms with Gasteiger partial charge in [0.05, 0.1) is 6.10 Å². The lowest BCUT2D eigenvalue weighted by Crippen LogP contribution is -2.25. The highest BCUT2D eigenvalue weighted by Crippen LogP contribution is 2.18. The van der Waals surface area contributed by atoms with Gasteiger partial charge >= 0.3 is 0 Å². The van der Waals surface area contributed by atoms with E-state index in [1.54, 1.807) is 0 Å². The third-order valence-electron chi connectivity index (χ3n) is 3.19. The largest absolute Gasteiger partial charge is 0.491 e. The summed E-state index contributed by atoms with van der Waals surface area (Å²) >= 11 is 0. The van der Waals surface area contributed by atoms with E-state index < -0.39 is 0 Å². The van der Waals surface area contributed by atoms with Gasteiger partial charge in [-0.05, 0) is 31.4 Å². The molecule has 1 fully saturated rings. The van der Waals surface area contributed by atoms with Crippen molar-refractivity contribution in [2.75, 3.05) is 13.2 Å². The molecule has 0 bridgehead atoms. The monoisotopic (exact) mass is 248 g/mol. The molecule has 0 spiro atoms. The van der Waals surface area contributed by atoms with Crippen LogP contribution in [0.15, 0.2) is 24.3 Å². The van der Waals surface area contributed by atoms with Crippen molar-refractivity contribution in [3.05, 3.63) is 29.8 Å². The fourth-order valence-electron chi connectivity index (χ4n) is 2.09. The highest BCUT2D eigenvalue weighted by atomic mass is 16.5. The van der Waals surface area contributed by atoms with E-state index in [9.17, 15) is 4.79 Å². The second-order valence-corrected chi connectivity index (χ2v) is 4.60. The minimum Gasteiger partial charge on any atom is -0.491 e. The highest BCUT2D eigenvalue weighted by Gasteiger charge is 2.14. The van der Waals surface area contributed by atoms with Crippen LogP contribution >= 0.6 is 0 Å². The number of Topliss-reactive ketones (excluding diaryl/α,β-unsaturated/α-hetero) is 1. The van der Waals surface area contributed by atoms with Crippen molar-refractivity contribution in [2.45, 2.75) is 38.7 Å². The van der Waals surface area contributed by atoms with Crippen LogP contribution in [0.4, 0.5) is 0 Å². The molecule has 3 nitrogen and oxygen atoms in total. The molecule has 0 saturated carbocycles. The molecule has 18 heavy (non-hydrogen) atoms. The number of benzene rings is 1. The van der Waals surface area contributed by atoms with Gasteiger partial charge in [0.1, 0.15) is 12.4 Å². The Morgan fingerprint density at radius 2 is 2.33 bits per heavy atom. The van der Waals surface area contributed by atoms with E-state index >= 15 is 0 Å². The summed E-state index contributed by atoms with van der Waals surface area (Å²) in [4.78, 5) is 11.6. The summed E-state index contributed by atoms with van der Waals surface area (Å²) in [5, 5.41) is 0. The SMILES string of the molecule is CCC(=O)c1cccc(OCC2CCCCO2)c1. The fraction of sp³-hybridized carbons (Fsp3) is 0.533. The zero-order valence-electron chi connectivity index (χ0n) is 10.9. The maximum absolute atomic E-state index is 11.6. The average molecular weight is 248 g/mol. The maximum Gasteiger partial charge on any atom is 0.162 e. The third kappa shape index (κ3) is 3.57. The van der Waals surface area contributed by atoms with E-state index in [1.165, 1.54) is 6.42 Å². The van der Waals surface area contributed by atoms with E-state index in [0.29, 0.717) is 13.0 Å². The molecule has 1 aliphatic heterocycles. The first-order chi connectivity index (χ1) is 8.79. The maximum atomic E-state index is 11.6. The lowest BCUT2D eigenvalue weighted by Gasteiger charge is -2.22. The molecule has 3 heteroatoms. The number of hydrogen-bond donors (Lipinski definition) is 0. The van der Waals surface area contributed by atoms with Crippen LogP contribution in [0, 0.1) is 0 Å². The van der Waals surface area contributed by atoms with Crippen molar-refractivity contribution in [2.24, 2.45) is 0 Å². The third-order valence-corrected chi connectivity index (χ3v) is 3.19. The number of rotatable bonds is 5. The van der Waals surface area contributed by atoms with E-state index in [2.05, 4.69) is 0 Å². The van der Waals surface area contributed by atoms with Gasteiger partial charge in [0.25, 0.3) is 0 Å². The Kier molecular flexibility index (Phi) is 4.76. The second-order valence-electron chi connectivity index (χ2n) is 4.60. The van der Waals surface area contributed by atoms with Crippen LogP contribution in [0.25, 0.3) is 0 Å². The lowest BCUT2D eigenvalue weighted by molar-refractivity contribution is -0.0110. The van der Waals surface area contributed by atoms with Gasteiger partial charge in [-0.3, -0.25) is 4.79 Å². The Balaban J connectivity index is 1.90. The Morgan fingerprint density at radius 1 is 1.44 bits per heavy atom. The molecular formula is C15H20O3. The smallest absolute Gasteiger partial charge is 0.162 e. The van der Waals surface area contributed by atoms with Crippen LogP contribution in [-0.4, -0.2) is 25.1 Å². The van der Waals surface area contributed by atoms with E-state index in [1.807, 2.05) is 31.2 Å². The van der Waals surface area contributed by atoms with Crippen LogP contribution in [0.5, 0.6) is 5.75 Å². The standard InChI is InChI=1S/C15H20O3/c1-2-15(16)12-6-5-8-13(10-12)18-11-14-7-3-4-9-17-14/h5-6,8,10,14H,2-4,7,9,11H2,1H3. The Bertz CT molecular complexity index is 394. The first kappa shape index (κ1) is 13.1. The number of carbonyl (C=O) groups is 1. The van der Waals surface area contributed by atoms with Gasteiger partial charge in [-0.2, -0.15) is 0 Å². The van der Waals surface area contributed by atoms with Gasteiger partial charge in [0, 0.05) is 18.6 Å². The van der Waals surface area contributed by atoms with Crippen molar-refractivity contribution in [1.82, 2.24) is 0 Å². The zero-order valence-corrected chi connectivity index (χ0v) is 10.9. The van der Waals surface area contributed by atoms with E-state index in [0.717, 1.165) is 30.8 Å². The van der Waals surface area contributed by atoms with Crippen molar-refractivity contribution in [3.8, 4) is 5.75 Å². The van der Waals surface area contributed by atoms with Gasteiger partial charge < -0.3 is 9.47 Å². The summed E-state index contributed by atoms with van der Waals surface area (Å²) in [6, 6.07) is 7.39. The molecule has 1 saturated heterocycles. The minimum atomic E-state index is 0.148. The van der Waals surface area contributed by atoms with Crippen molar-refractivity contribution < 1.29 is 14.3 Å². The van der Waals surface area contributed by atoms with Crippen molar-refractivity contribution in [1.29, 1.82) is 0 Å². The van der Waals surface area contributed by atoms with Gasteiger partial charge in [-0.1, -0.05) is 19.1 Å². The predicted molar refractivity (Wildman–Crippen MR) is 70.1 cm³/mol. The number of ether oxygens (including phenoxy) is 2. The molecule has 2 rings (SSSR count). The summed E-state index contributed by atoms with van der Waals surface area (Å²) in [5.74, 6) is 0.901.